The van der Waals surface area contributed by atoms with Crippen LogP contribution in [0.25, 0.3) is 16.7 Å². The normalized spacial score (nSPS) is 14.6. The first-order valence-corrected chi connectivity index (χ1v) is 6.29. The molecule has 0 aromatic carbocycles. The van der Waals surface area contributed by atoms with Crippen molar-refractivity contribution in [2.45, 2.75) is 6.42 Å². The molecule has 0 spiro atoms. The van der Waals surface area contributed by atoms with E-state index in [0.717, 1.165) is 16.6 Å². The van der Waals surface area contributed by atoms with E-state index in [9.17, 15) is 9.59 Å². The lowest BCUT2D eigenvalue weighted by atomic mass is 10.2. The number of aromatic nitrogens is 4. The van der Waals surface area contributed by atoms with Crippen LogP contribution in [0.1, 0.15) is 12.2 Å². The second kappa shape index (κ2) is 4.48. The summed E-state index contributed by atoms with van der Waals surface area (Å²) in [7, 11) is 3.06. The van der Waals surface area contributed by atoms with Gasteiger partial charge < -0.3 is 4.98 Å². The number of H-pyrrole nitrogens is 1. The smallest absolute Gasteiger partial charge is 0.332 e. The third kappa shape index (κ3) is 1.77. The van der Waals surface area contributed by atoms with Crippen LogP contribution >= 0.6 is 0 Å². The predicted octanol–water partition coefficient (Wildman–Crippen LogP) is 0.860. The van der Waals surface area contributed by atoms with E-state index in [4.69, 9.17) is 0 Å². The zero-order chi connectivity index (χ0) is 14.3. The number of aryl methyl sites for hydroxylation is 1. The number of nitrogens with zero attached hydrogens (tertiary/aromatic N) is 3. The molecule has 2 heterocycles. The first-order valence-electron chi connectivity index (χ1n) is 6.29. The number of hydrogen-bond acceptors (Lipinski definition) is 3. The standard InChI is InChI=1S/C14H14N4O2/c1-17-12-10(13(19)18(2)14(17)20)15-11(16-12)9-7-5-3-4-6-8-9/h3,5-8H,4H2,1-2H3,(H,15,16). The Kier molecular flexibility index (Phi) is 2.78. The van der Waals surface area contributed by atoms with Crippen molar-refractivity contribution in [1.29, 1.82) is 0 Å². The van der Waals surface area contributed by atoms with Gasteiger partial charge in [0.1, 0.15) is 11.3 Å². The van der Waals surface area contributed by atoms with Crippen molar-refractivity contribution in [2.75, 3.05) is 0 Å². The SMILES string of the molecule is Cn1c(=O)c2[nH]c(C3=CC=CCC=C3)nc2n(C)c1=O. The van der Waals surface area contributed by atoms with Crippen LogP contribution in [0.4, 0.5) is 0 Å². The van der Waals surface area contributed by atoms with E-state index in [2.05, 4.69) is 9.97 Å². The Labute approximate surface area is 114 Å². The molecule has 0 saturated carbocycles. The highest BCUT2D eigenvalue weighted by atomic mass is 16.2. The number of nitrogens with one attached hydrogen (secondary N) is 1. The molecule has 3 rings (SSSR count). The van der Waals surface area contributed by atoms with Crippen molar-refractivity contribution in [3.05, 3.63) is 57.0 Å². The molecule has 0 fully saturated rings. The zero-order valence-electron chi connectivity index (χ0n) is 11.3. The van der Waals surface area contributed by atoms with E-state index in [-0.39, 0.29) is 11.2 Å². The van der Waals surface area contributed by atoms with Gasteiger partial charge in [0, 0.05) is 19.7 Å². The van der Waals surface area contributed by atoms with Crippen molar-refractivity contribution in [3.8, 4) is 0 Å². The molecule has 0 atom stereocenters. The molecule has 0 bridgehead atoms. The van der Waals surface area contributed by atoms with Gasteiger partial charge >= 0.3 is 5.69 Å². The second-order valence-electron chi connectivity index (χ2n) is 4.68. The highest BCUT2D eigenvalue weighted by Crippen LogP contribution is 2.17. The highest BCUT2D eigenvalue weighted by molar-refractivity contribution is 5.79. The average Bonchev–Trinajstić information content (AvgIpc) is 2.71. The Morgan fingerprint density at radius 2 is 2.00 bits per heavy atom. The van der Waals surface area contributed by atoms with E-state index in [1.165, 1.54) is 11.6 Å². The van der Waals surface area contributed by atoms with Crippen LogP contribution in [0, 0.1) is 0 Å². The molecule has 1 aliphatic carbocycles. The quantitative estimate of drug-likeness (QED) is 0.835. The van der Waals surface area contributed by atoms with E-state index in [1.54, 1.807) is 7.05 Å². The number of hydrogen-bond donors (Lipinski definition) is 1. The van der Waals surface area contributed by atoms with Gasteiger partial charge in [-0.2, -0.15) is 0 Å². The summed E-state index contributed by atoms with van der Waals surface area (Å²) in [6.45, 7) is 0. The van der Waals surface area contributed by atoms with Gasteiger partial charge in [-0.15, -0.1) is 0 Å². The molecule has 2 aromatic heterocycles. The summed E-state index contributed by atoms with van der Waals surface area (Å²) >= 11 is 0. The molecule has 20 heavy (non-hydrogen) atoms. The molecular weight excluding hydrogens is 256 g/mol. The summed E-state index contributed by atoms with van der Waals surface area (Å²) in [5, 5.41) is 0. The summed E-state index contributed by atoms with van der Waals surface area (Å²) in [6.07, 6.45) is 10.7. The Morgan fingerprint density at radius 3 is 2.80 bits per heavy atom. The van der Waals surface area contributed by atoms with Crippen molar-refractivity contribution in [1.82, 2.24) is 19.1 Å². The van der Waals surface area contributed by atoms with Crippen LogP contribution in [0.5, 0.6) is 0 Å². The minimum absolute atomic E-state index is 0.340. The number of allylic oxidation sites excluding steroid dienone is 6. The van der Waals surface area contributed by atoms with E-state index < -0.39 is 0 Å². The monoisotopic (exact) mass is 270 g/mol. The fraction of sp³-hybridized carbons (Fsp3) is 0.214. The van der Waals surface area contributed by atoms with Crippen LogP contribution in [-0.2, 0) is 14.1 Å². The molecule has 0 aliphatic heterocycles. The first-order chi connectivity index (χ1) is 9.59. The summed E-state index contributed by atoms with van der Waals surface area (Å²) in [5.74, 6) is 0.584. The summed E-state index contributed by atoms with van der Waals surface area (Å²) in [6, 6.07) is 0. The maximum absolute atomic E-state index is 12.1. The minimum atomic E-state index is -0.383. The number of aromatic amines is 1. The van der Waals surface area contributed by atoms with Crippen LogP contribution < -0.4 is 11.2 Å². The van der Waals surface area contributed by atoms with Gasteiger partial charge in [0.05, 0.1) is 0 Å². The molecule has 102 valence electrons. The van der Waals surface area contributed by atoms with Crippen LogP contribution in [0.15, 0.2) is 40.0 Å². The zero-order valence-corrected chi connectivity index (χ0v) is 11.3. The van der Waals surface area contributed by atoms with E-state index >= 15 is 0 Å². The van der Waals surface area contributed by atoms with Gasteiger partial charge in [-0.25, -0.2) is 9.78 Å². The van der Waals surface area contributed by atoms with E-state index in [0.29, 0.717) is 17.0 Å². The van der Waals surface area contributed by atoms with Crippen LogP contribution in [-0.4, -0.2) is 19.1 Å². The van der Waals surface area contributed by atoms with Gasteiger partial charge in [-0.1, -0.05) is 30.4 Å². The molecule has 1 aliphatic rings. The minimum Gasteiger partial charge on any atom is -0.332 e. The highest BCUT2D eigenvalue weighted by Gasteiger charge is 2.14. The maximum atomic E-state index is 12.1. The van der Waals surface area contributed by atoms with Crippen molar-refractivity contribution in [3.63, 3.8) is 0 Å². The molecule has 0 saturated heterocycles. The molecule has 6 nitrogen and oxygen atoms in total. The summed E-state index contributed by atoms with van der Waals surface area (Å²) in [4.78, 5) is 31.4. The lowest BCUT2D eigenvalue weighted by Gasteiger charge is -2.00. The molecular formula is C14H14N4O2. The van der Waals surface area contributed by atoms with E-state index in [1.807, 2.05) is 30.4 Å². The van der Waals surface area contributed by atoms with Gasteiger partial charge in [-0.05, 0) is 6.42 Å². The number of imidazole rings is 1. The van der Waals surface area contributed by atoms with Gasteiger partial charge in [-0.3, -0.25) is 13.9 Å². The number of rotatable bonds is 1. The molecule has 0 radical (unpaired) electrons. The van der Waals surface area contributed by atoms with Crippen LogP contribution in [0.3, 0.4) is 0 Å². The third-order valence-electron chi connectivity index (χ3n) is 3.35. The number of fused-ring (bicyclic) bond motifs is 1. The largest absolute Gasteiger partial charge is 0.332 e. The van der Waals surface area contributed by atoms with Gasteiger partial charge in [0.15, 0.2) is 5.65 Å². The summed E-state index contributed by atoms with van der Waals surface area (Å²) in [5.41, 5.74) is 0.841. The Balaban J connectivity index is 2.32. The van der Waals surface area contributed by atoms with Crippen molar-refractivity contribution in [2.24, 2.45) is 14.1 Å². The van der Waals surface area contributed by atoms with Crippen molar-refractivity contribution < 1.29 is 0 Å². The second-order valence-corrected chi connectivity index (χ2v) is 4.68. The summed E-state index contributed by atoms with van der Waals surface area (Å²) < 4.78 is 2.44. The topological polar surface area (TPSA) is 72.7 Å². The molecule has 0 amide bonds. The third-order valence-corrected chi connectivity index (χ3v) is 3.35. The van der Waals surface area contributed by atoms with Gasteiger partial charge in [0.2, 0.25) is 0 Å². The lowest BCUT2D eigenvalue weighted by Crippen LogP contribution is -2.36. The fourth-order valence-electron chi connectivity index (χ4n) is 2.20. The first kappa shape index (κ1) is 12.4. The molecule has 6 heteroatoms. The molecule has 1 N–H and O–H groups in total. The fourth-order valence-corrected chi connectivity index (χ4v) is 2.20. The Hall–Kier alpha value is -2.63. The lowest BCUT2D eigenvalue weighted by molar-refractivity contribution is 0.708. The van der Waals surface area contributed by atoms with Gasteiger partial charge in [0.25, 0.3) is 5.56 Å². The van der Waals surface area contributed by atoms with Crippen molar-refractivity contribution >= 4 is 16.7 Å². The predicted molar refractivity (Wildman–Crippen MR) is 77.4 cm³/mol. The average molecular weight is 270 g/mol. The molecule has 2 aromatic rings. The Bertz CT molecular complexity index is 890. The Morgan fingerprint density at radius 1 is 1.20 bits per heavy atom. The van der Waals surface area contributed by atoms with Crippen LogP contribution in [0.2, 0.25) is 0 Å². The maximum Gasteiger partial charge on any atom is 0.332 e. The molecule has 0 unspecified atom stereocenters.